The molecule has 0 radical (unpaired) electrons. The van der Waals surface area contributed by atoms with E-state index in [2.05, 4.69) is 16.3 Å². The molecule has 3 fully saturated rings. The smallest absolute Gasteiger partial charge is 0.152 e. The van der Waals surface area contributed by atoms with Gasteiger partial charge in [0, 0.05) is 25.7 Å². The molecule has 3 rings (SSSR count). The molecule has 0 aromatic rings. The number of rotatable bonds is 5. The van der Waals surface area contributed by atoms with Gasteiger partial charge < -0.3 is 0 Å². The monoisotopic (exact) mass is 283 g/mol. The fraction of sp³-hybridized carbons (Fsp3) is 0.923. The van der Waals surface area contributed by atoms with Crippen LogP contribution in [0.15, 0.2) is 0 Å². The molecule has 1 saturated heterocycles. The molecule has 5 nitrogen and oxygen atoms in total. The lowest BCUT2D eigenvalue weighted by atomic mass is 9.93. The first-order chi connectivity index (χ1) is 9.03. The minimum absolute atomic E-state index is 0.239. The second kappa shape index (κ2) is 4.72. The molecule has 1 atom stereocenters. The molecule has 0 amide bonds. The summed E-state index contributed by atoms with van der Waals surface area (Å²) in [4.78, 5) is 2.15. The van der Waals surface area contributed by atoms with E-state index in [0.29, 0.717) is 31.6 Å². The predicted molar refractivity (Wildman–Crippen MR) is 72.3 cm³/mol. The summed E-state index contributed by atoms with van der Waals surface area (Å²) in [5, 5.41) is 13.2. The summed E-state index contributed by atoms with van der Waals surface area (Å²) in [6, 6.07) is 3.02. The van der Waals surface area contributed by atoms with Crippen LogP contribution in [0.5, 0.6) is 0 Å². The first kappa shape index (κ1) is 13.3. The molecule has 0 aromatic heterocycles. The minimum Gasteiger partial charge on any atom is -0.298 e. The Morgan fingerprint density at radius 1 is 1.21 bits per heavy atom. The SMILES string of the molecule is N#CC(CN1CCS(=O)(=O)CC1)(NC1CC1)C1CC1. The van der Waals surface area contributed by atoms with Crippen molar-refractivity contribution >= 4 is 9.84 Å². The summed E-state index contributed by atoms with van der Waals surface area (Å²) >= 11 is 0. The van der Waals surface area contributed by atoms with Gasteiger partial charge in [-0.1, -0.05) is 0 Å². The van der Waals surface area contributed by atoms with Gasteiger partial charge in [0.05, 0.1) is 17.6 Å². The highest BCUT2D eigenvalue weighted by Crippen LogP contribution is 2.41. The van der Waals surface area contributed by atoms with Crippen molar-refractivity contribution in [2.75, 3.05) is 31.1 Å². The second-order valence-corrected chi connectivity index (χ2v) is 8.51. The molecule has 1 heterocycles. The maximum Gasteiger partial charge on any atom is 0.152 e. The summed E-state index contributed by atoms with van der Waals surface area (Å²) < 4.78 is 22.9. The third-order valence-corrected chi connectivity index (χ3v) is 6.03. The van der Waals surface area contributed by atoms with Crippen molar-refractivity contribution in [1.29, 1.82) is 5.26 Å². The van der Waals surface area contributed by atoms with Crippen molar-refractivity contribution in [3.8, 4) is 6.07 Å². The standard InChI is InChI=1S/C13H21N3O2S/c14-9-13(11-1-2-11,15-12-3-4-12)10-16-5-7-19(17,18)8-6-16/h11-12,15H,1-8,10H2. The summed E-state index contributed by atoms with van der Waals surface area (Å²) in [5.74, 6) is 0.933. The van der Waals surface area contributed by atoms with Gasteiger partial charge in [-0.25, -0.2) is 8.42 Å². The molecule has 19 heavy (non-hydrogen) atoms. The predicted octanol–water partition coefficient (Wildman–Crippen LogP) is 0.141. The van der Waals surface area contributed by atoms with Crippen LogP contribution < -0.4 is 5.32 Å². The van der Waals surface area contributed by atoms with E-state index in [9.17, 15) is 13.7 Å². The average molecular weight is 283 g/mol. The molecule has 3 aliphatic rings. The third kappa shape index (κ3) is 3.10. The Labute approximate surface area is 114 Å². The van der Waals surface area contributed by atoms with Crippen LogP contribution in [0.3, 0.4) is 0 Å². The van der Waals surface area contributed by atoms with E-state index < -0.39 is 15.4 Å². The molecule has 6 heteroatoms. The van der Waals surface area contributed by atoms with Crippen LogP contribution >= 0.6 is 0 Å². The molecule has 0 aromatic carbocycles. The highest BCUT2D eigenvalue weighted by atomic mass is 32.2. The average Bonchev–Trinajstić information content (AvgIpc) is 3.24. The fourth-order valence-electron chi connectivity index (χ4n) is 2.88. The van der Waals surface area contributed by atoms with E-state index in [1.54, 1.807) is 0 Å². The van der Waals surface area contributed by atoms with Crippen LogP contribution in [0.25, 0.3) is 0 Å². The van der Waals surface area contributed by atoms with E-state index in [4.69, 9.17) is 0 Å². The van der Waals surface area contributed by atoms with Gasteiger partial charge in [-0.15, -0.1) is 0 Å². The molecule has 2 saturated carbocycles. The Morgan fingerprint density at radius 2 is 1.84 bits per heavy atom. The Morgan fingerprint density at radius 3 is 2.32 bits per heavy atom. The van der Waals surface area contributed by atoms with Crippen LogP contribution in [0, 0.1) is 17.2 Å². The summed E-state index contributed by atoms with van der Waals surface area (Å²) in [6.07, 6.45) is 4.59. The van der Waals surface area contributed by atoms with Gasteiger partial charge in [0.25, 0.3) is 0 Å². The Bertz CT molecular complexity index is 477. The molecule has 0 spiro atoms. The van der Waals surface area contributed by atoms with Crippen LogP contribution in [-0.2, 0) is 9.84 Å². The van der Waals surface area contributed by atoms with Crippen molar-refractivity contribution in [2.24, 2.45) is 5.92 Å². The first-order valence-corrected chi connectivity index (χ1v) is 8.97. The highest BCUT2D eigenvalue weighted by Gasteiger charge is 2.49. The molecular weight excluding hydrogens is 262 g/mol. The molecule has 1 N–H and O–H groups in total. The van der Waals surface area contributed by atoms with Crippen molar-refractivity contribution < 1.29 is 8.42 Å². The van der Waals surface area contributed by atoms with Crippen molar-refractivity contribution in [3.05, 3.63) is 0 Å². The third-order valence-electron chi connectivity index (χ3n) is 4.42. The molecule has 0 bridgehead atoms. The summed E-state index contributed by atoms with van der Waals surface area (Å²) in [7, 11) is -2.84. The number of nitriles is 1. The summed E-state index contributed by atoms with van der Waals surface area (Å²) in [6.45, 7) is 1.83. The van der Waals surface area contributed by atoms with Gasteiger partial charge in [0.1, 0.15) is 5.54 Å². The molecule has 2 aliphatic carbocycles. The van der Waals surface area contributed by atoms with Crippen LogP contribution in [0.2, 0.25) is 0 Å². The zero-order valence-corrected chi connectivity index (χ0v) is 12.0. The Hall–Kier alpha value is -0.640. The zero-order chi connectivity index (χ0) is 13.5. The Kier molecular flexibility index (Phi) is 3.32. The van der Waals surface area contributed by atoms with E-state index in [0.717, 1.165) is 12.8 Å². The zero-order valence-electron chi connectivity index (χ0n) is 11.1. The van der Waals surface area contributed by atoms with E-state index in [-0.39, 0.29) is 11.5 Å². The normalized spacial score (nSPS) is 30.5. The van der Waals surface area contributed by atoms with E-state index >= 15 is 0 Å². The largest absolute Gasteiger partial charge is 0.298 e. The lowest BCUT2D eigenvalue weighted by molar-refractivity contribution is 0.205. The number of hydrogen-bond acceptors (Lipinski definition) is 5. The van der Waals surface area contributed by atoms with Gasteiger partial charge in [0.15, 0.2) is 9.84 Å². The van der Waals surface area contributed by atoms with Gasteiger partial charge >= 0.3 is 0 Å². The van der Waals surface area contributed by atoms with Crippen molar-refractivity contribution in [3.63, 3.8) is 0 Å². The van der Waals surface area contributed by atoms with Crippen LogP contribution in [-0.4, -0.2) is 56.0 Å². The van der Waals surface area contributed by atoms with Crippen molar-refractivity contribution in [2.45, 2.75) is 37.3 Å². The molecular formula is C13H21N3O2S. The van der Waals surface area contributed by atoms with Gasteiger partial charge in [-0.2, -0.15) is 5.26 Å². The van der Waals surface area contributed by atoms with Gasteiger partial charge in [0.2, 0.25) is 0 Å². The maximum atomic E-state index is 11.5. The Balaban J connectivity index is 1.66. The van der Waals surface area contributed by atoms with E-state index in [1.165, 1.54) is 12.8 Å². The first-order valence-electron chi connectivity index (χ1n) is 7.15. The number of hydrogen-bond donors (Lipinski definition) is 1. The molecule has 106 valence electrons. The topological polar surface area (TPSA) is 73.2 Å². The summed E-state index contributed by atoms with van der Waals surface area (Å²) in [5.41, 5.74) is -0.442. The minimum atomic E-state index is -2.84. The highest BCUT2D eigenvalue weighted by molar-refractivity contribution is 7.91. The van der Waals surface area contributed by atoms with Crippen molar-refractivity contribution in [1.82, 2.24) is 10.2 Å². The number of nitrogens with zero attached hydrogens (tertiary/aromatic N) is 2. The van der Waals surface area contributed by atoms with Crippen LogP contribution in [0.1, 0.15) is 25.7 Å². The van der Waals surface area contributed by atoms with E-state index in [1.807, 2.05) is 0 Å². The molecule has 1 unspecified atom stereocenters. The second-order valence-electron chi connectivity index (χ2n) is 6.20. The quantitative estimate of drug-likeness (QED) is 0.777. The number of sulfone groups is 1. The van der Waals surface area contributed by atoms with Gasteiger partial charge in [-0.05, 0) is 31.6 Å². The lowest BCUT2D eigenvalue weighted by Gasteiger charge is -2.36. The lowest BCUT2D eigenvalue weighted by Crippen LogP contribution is -2.57. The van der Waals surface area contributed by atoms with Crippen LogP contribution in [0.4, 0.5) is 0 Å². The fourth-order valence-corrected chi connectivity index (χ4v) is 4.16. The number of nitrogens with one attached hydrogen (secondary N) is 1. The molecule has 1 aliphatic heterocycles. The van der Waals surface area contributed by atoms with Gasteiger partial charge in [-0.3, -0.25) is 10.2 Å². The maximum absolute atomic E-state index is 11.5.